The second-order valence-electron chi connectivity index (χ2n) is 5.89. The summed E-state index contributed by atoms with van der Waals surface area (Å²) in [7, 11) is 0. The summed E-state index contributed by atoms with van der Waals surface area (Å²) in [5.74, 6) is -0.0327. The van der Waals surface area contributed by atoms with Gasteiger partial charge < -0.3 is 5.11 Å². The van der Waals surface area contributed by atoms with E-state index in [4.69, 9.17) is 10.1 Å². The molecule has 0 radical (unpaired) electrons. The number of carboxylic acids is 1. The fourth-order valence-electron chi connectivity index (χ4n) is 2.70. The van der Waals surface area contributed by atoms with Gasteiger partial charge in [-0.1, -0.05) is 19.9 Å². The van der Waals surface area contributed by atoms with E-state index in [0.717, 1.165) is 21.1 Å². The number of carbonyl (C=O) groups is 1. The van der Waals surface area contributed by atoms with Crippen LogP contribution in [0.3, 0.4) is 0 Å². The molecule has 7 heteroatoms. The minimum atomic E-state index is -0.849. The first-order valence-electron chi connectivity index (χ1n) is 7.76. The highest BCUT2D eigenvalue weighted by Crippen LogP contribution is 2.34. The molecule has 0 saturated carbocycles. The maximum atomic E-state index is 13.1. The Morgan fingerprint density at radius 2 is 2.17 bits per heavy atom. The van der Waals surface area contributed by atoms with Crippen molar-refractivity contribution >= 4 is 38.9 Å². The number of rotatable bonds is 6. The van der Waals surface area contributed by atoms with Crippen LogP contribution in [0.2, 0.25) is 0 Å². The van der Waals surface area contributed by atoms with Crippen molar-refractivity contribution in [2.24, 2.45) is 0 Å². The average molecular weight is 362 g/mol. The number of carboxylic acid groups (broad SMARTS) is 1. The maximum absolute atomic E-state index is 13.1. The summed E-state index contributed by atoms with van der Waals surface area (Å²) in [6.07, 6.45) is 0.462. The van der Waals surface area contributed by atoms with Crippen LogP contribution in [0.25, 0.3) is 20.7 Å². The Morgan fingerprint density at radius 1 is 1.38 bits per heavy atom. The van der Waals surface area contributed by atoms with E-state index in [0.29, 0.717) is 18.4 Å². The second-order valence-corrected chi connectivity index (χ2v) is 7.69. The number of hydrogen-bond acceptors (Lipinski definition) is 5. The molecule has 126 valence electrons. The molecule has 0 fully saturated rings. The highest BCUT2D eigenvalue weighted by Gasteiger charge is 2.19. The van der Waals surface area contributed by atoms with Crippen LogP contribution in [0.1, 0.15) is 38.4 Å². The minimum absolute atomic E-state index is 0.0451. The molecule has 0 saturated heterocycles. The van der Waals surface area contributed by atoms with Gasteiger partial charge in [-0.25, -0.2) is 4.98 Å². The van der Waals surface area contributed by atoms with Crippen LogP contribution in [-0.4, -0.2) is 20.6 Å². The lowest BCUT2D eigenvalue weighted by Crippen LogP contribution is -2.26. The van der Waals surface area contributed by atoms with E-state index in [9.17, 15) is 9.59 Å². The standard InChI is InChI=1S/C17H18N2O3S2/c1-10(2)15-18-16-14(11(9-24-16)12-5-4-8-23-12)17(22)19(15)7-3-6-13(20)21/h4-5,8-10H,3,6-7H2,1-2H3,(H,20,21). The van der Waals surface area contributed by atoms with Gasteiger partial charge in [-0.05, 0) is 17.9 Å². The molecule has 0 aliphatic carbocycles. The summed E-state index contributed by atoms with van der Waals surface area (Å²) in [4.78, 5) is 30.4. The summed E-state index contributed by atoms with van der Waals surface area (Å²) in [6.45, 7) is 4.37. The van der Waals surface area contributed by atoms with E-state index in [1.54, 1.807) is 15.9 Å². The SMILES string of the molecule is CC(C)c1nc2scc(-c3cccs3)c2c(=O)n1CCCC(=O)O. The highest BCUT2D eigenvalue weighted by molar-refractivity contribution is 7.18. The number of nitrogens with zero attached hydrogens (tertiary/aromatic N) is 2. The molecule has 3 aromatic rings. The molecule has 24 heavy (non-hydrogen) atoms. The Kier molecular flexibility index (Phi) is 4.82. The Labute approximate surface area is 147 Å². The van der Waals surface area contributed by atoms with Crippen molar-refractivity contribution in [1.82, 2.24) is 9.55 Å². The summed E-state index contributed by atoms with van der Waals surface area (Å²) < 4.78 is 1.65. The van der Waals surface area contributed by atoms with Crippen molar-refractivity contribution in [3.8, 4) is 10.4 Å². The van der Waals surface area contributed by atoms with E-state index < -0.39 is 5.97 Å². The van der Waals surface area contributed by atoms with Crippen LogP contribution in [0.4, 0.5) is 0 Å². The number of fused-ring (bicyclic) bond motifs is 1. The lowest BCUT2D eigenvalue weighted by atomic mass is 10.1. The van der Waals surface area contributed by atoms with Crippen LogP contribution in [0.15, 0.2) is 27.7 Å². The van der Waals surface area contributed by atoms with Crippen LogP contribution in [-0.2, 0) is 11.3 Å². The second kappa shape index (κ2) is 6.86. The fourth-order valence-corrected chi connectivity index (χ4v) is 4.46. The summed E-state index contributed by atoms with van der Waals surface area (Å²) in [6, 6.07) is 3.96. The van der Waals surface area contributed by atoms with Crippen LogP contribution >= 0.6 is 22.7 Å². The predicted octanol–water partition coefficient (Wildman–Crippen LogP) is 4.17. The van der Waals surface area contributed by atoms with Crippen molar-refractivity contribution in [1.29, 1.82) is 0 Å². The first kappa shape index (κ1) is 16.9. The predicted molar refractivity (Wildman–Crippen MR) is 98.2 cm³/mol. The van der Waals surface area contributed by atoms with E-state index >= 15 is 0 Å². The molecule has 3 heterocycles. The zero-order valence-electron chi connectivity index (χ0n) is 13.5. The van der Waals surface area contributed by atoms with Gasteiger partial charge in [-0.2, -0.15) is 0 Å². The van der Waals surface area contributed by atoms with Crippen molar-refractivity contribution in [2.45, 2.75) is 39.2 Å². The fraction of sp³-hybridized carbons (Fsp3) is 0.353. The van der Waals surface area contributed by atoms with Crippen LogP contribution < -0.4 is 5.56 Å². The Hall–Kier alpha value is -1.99. The van der Waals surface area contributed by atoms with Crippen molar-refractivity contribution in [3.05, 3.63) is 39.1 Å². The molecule has 0 unspecified atom stereocenters. The minimum Gasteiger partial charge on any atom is -0.481 e. The van der Waals surface area contributed by atoms with Crippen molar-refractivity contribution in [2.75, 3.05) is 0 Å². The molecule has 3 rings (SSSR count). The molecule has 0 aliphatic rings. The number of aromatic nitrogens is 2. The Balaban J connectivity index is 2.14. The van der Waals surface area contributed by atoms with Gasteiger partial charge in [-0.15, -0.1) is 22.7 Å². The van der Waals surface area contributed by atoms with E-state index in [1.807, 2.05) is 36.7 Å². The van der Waals surface area contributed by atoms with Crippen LogP contribution in [0.5, 0.6) is 0 Å². The number of aliphatic carboxylic acids is 1. The monoisotopic (exact) mass is 362 g/mol. The number of thiophene rings is 2. The Bertz CT molecular complexity index is 923. The van der Waals surface area contributed by atoms with Gasteiger partial charge in [0.25, 0.3) is 5.56 Å². The van der Waals surface area contributed by atoms with E-state index in [-0.39, 0.29) is 17.9 Å². The van der Waals surface area contributed by atoms with Crippen molar-refractivity contribution < 1.29 is 9.90 Å². The van der Waals surface area contributed by atoms with Crippen LogP contribution in [0, 0.1) is 0 Å². The van der Waals surface area contributed by atoms with Crippen molar-refractivity contribution in [3.63, 3.8) is 0 Å². The van der Waals surface area contributed by atoms with Gasteiger partial charge in [-0.3, -0.25) is 14.2 Å². The highest BCUT2D eigenvalue weighted by atomic mass is 32.1. The first-order valence-corrected chi connectivity index (χ1v) is 9.52. The molecule has 1 N–H and O–H groups in total. The molecule has 0 amide bonds. The van der Waals surface area contributed by atoms with E-state index in [1.165, 1.54) is 11.3 Å². The molecular weight excluding hydrogens is 344 g/mol. The molecule has 3 aromatic heterocycles. The summed E-state index contributed by atoms with van der Waals surface area (Å²) in [5, 5.41) is 13.5. The topological polar surface area (TPSA) is 72.2 Å². The molecule has 0 bridgehead atoms. The summed E-state index contributed by atoms with van der Waals surface area (Å²) in [5.41, 5.74) is 0.850. The molecule has 0 aliphatic heterocycles. The first-order chi connectivity index (χ1) is 11.5. The summed E-state index contributed by atoms with van der Waals surface area (Å²) >= 11 is 3.08. The van der Waals surface area contributed by atoms with Gasteiger partial charge in [0.1, 0.15) is 10.7 Å². The van der Waals surface area contributed by atoms with Gasteiger partial charge in [0.15, 0.2) is 0 Å². The van der Waals surface area contributed by atoms with E-state index in [2.05, 4.69) is 0 Å². The third kappa shape index (κ3) is 3.14. The lowest BCUT2D eigenvalue weighted by molar-refractivity contribution is -0.137. The maximum Gasteiger partial charge on any atom is 0.303 e. The quantitative estimate of drug-likeness (QED) is 0.714. The zero-order valence-corrected chi connectivity index (χ0v) is 15.1. The van der Waals surface area contributed by atoms with Gasteiger partial charge >= 0.3 is 5.97 Å². The average Bonchev–Trinajstić information content (AvgIpc) is 3.17. The van der Waals surface area contributed by atoms with Gasteiger partial charge in [0.2, 0.25) is 0 Å². The third-order valence-corrected chi connectivity index (χ3v) is 5.57. The largest absolute Gasteiger partial charge is 0.481 e. The van der Waals surface area contributed by atoms with Gasteiger partial charge in [0.05, 0.1) is 5.39 Å². The van der Waals surface area contributed by atoms with Gasteiger partial charge in [0, 0.05) is 34.7 Å². The molecule has 5 nitrogen and oxygen atoms in total. The Morgan fingerprint density at radius 3 is 2.79 bits per heavy atom. The smallest absolute Gasteiger partial charge is 0.303 e. The molecule has 0 spiro atoms. The molecular formula is C17H18N2O3S2. The zero-order chi connectivity index (χ0) is 17.3. The lowest BCUT2D eigenvalue weighted by Gasteiger charge is -2.14. The molecule has 0 aromatic carbocycles. The normalized spacial score (nSPS) is 11.5. The third-order valence-electron chi connectivity index (χ3n) is 3.80. The molecule has 0 atom stereocenters. The number of hydrogen-bond donors (Lipinski definition) is 1.